The number of aromatic hydroxyl groups is 1. The minimum atomic E-state index is -0.572. The molecular formula is C12H12O4. The van der Waals surface area contributed by atoms with Crippen molar-refractivity contribution < 1.29 is 14.3 Å². The highest BCUT2D eigenvalue weighted by Crippen LogP contribution is 2.26. The van der Waals surface area contributed by atoms with Crippen LogP contribution in [0.25, 0.3) is 11.0 Å². The van der Waals surface area contributed by atoms with Crippen LogP contribution in [-0.4, -0.2) is 11.7 Å². The molecule has 1 aromatic carbocycles. The van der Waals surface area contributed by atoms with Gasteiger partial charge in [0.05, 0.1) is 18.1 Å². The van der Waals surface area contributed by atoms with Gasteiger partial charge in [0.25, 0.3) is 0 Å². The van der Waals surface area contributed by atoms with E-state index in [9.17, 15) is 9.90 Å². The lowest BCUT2D eigenvalue weighted by atomic mass is 10.2. The molecule has 16 heavy (non-hydrogen) atoms. The molecule has 0 spiro atoms. The first kappa shape index (κ1) is 10.5. The molecule has 1 N–H and O–H groups in total. The second kappa shape index (κ2) is 4.26. The Bertz CT molecular complexity index is 556. The number of fused-ring (bicyclic) bond motifs is 1. The van der Waals surface area contributed by atoms with Crippen LogP contribution in [-0.2, 0) is 0 Å². The molecule has 4 nitrogen and oxygen atoms in total. The maximum Gasteiger partial charge on any atom is 0.339 e. The molecule has 0 aliphatic heterocycles. The van der Waals surface area contributed by atoms with Gasteiger partial charge in [-0.15, -0.1) is 0 Å². The van der Waals surface area contributed by atoms with Crippen LogP contribution in [0, 0.1) is 0 Å². The number of hydrogen-bond acceptors (Lipinski definition) is 4. The Hall–Kier alpha value is -1.97. The Kier molecular flexibility index (Phi) is 2.81. The largest absolute Gasteiger partial charge is 0.507 e. The molecule has 4 heteroatoms. The van der Waals surface area contributed by atoms with Crippen LogP contribution in [0.5, 0.6) is 11.5 Å². The van der Waals surface area contributed by atoms with Gasteiger partial charge in [-0.1, -0.05) is 6.92 Å². The molecule has 0 aliphatic carbocycles. The van der Waals surface area contributed by atoms with Gasteiger partial charge in [0.1, 0.15) is 17.1 Å². The summed E-state index contributed by atoms with van der Waals surface area (Å²) in [7, 11) is 0. The SMILES string of the molecule is CCCOc1ccc2c(O)cc(=O)oc2c1. The molecule has 0 fully saturated rings. The van der Waals surface area contributed by atoms with Gasteiger partial charge in [-0.3, -0.25) is 0 Å². The first-order chi connectivity index (χ1) is 7.70. The van der Waals surface area contributed by atoms with E-state index in [4.69, 9.17) is 9.15 Å². The van der Waals surface area contributed by atoms with Gasteiger partial charge in [-0.2, -0.15) is 0 Å². The zero-order chi connectivity index (χ0) is 11.5. The van der Waals surface area contributed by atoms with Gasteiger partial charge in [-0.05, 0) is 18.6 Å². The lowest BCUT2D eigenvalue weighted by molar-refractivity contribution is 0.317. The van der Waals surface area contributed by atoms with Crippen LogP contribution in [0.3, 0.4) is 0 Å². The number of rotatable bonds is 3. The molecule has 0 saturated heterocycles. The van der Waals surface area contributed by atoms with Gasteiger partial charge in [0.15, 0.2) is 0 Å². The maximum absolute atomic E-state index is 11.1. The van der Waals surface area contributed by atoms with E-state index in [0.717, 1.165) is 12.5 Å². The van der Waals surface area contributed by atoms with Gasteiger partial charge >= 0.3 is 5.63 Å². The van der Waals surface area contributed by atoms with Crippen molar-refractivity contribution in [1.29, 1.82) is 0 Å². The quantitative estimate of drug-likeness (QED) is 0.806. The van der Waals surface area contributed by atoms with E-state index in [-0.39, 0.29) is 5.75 Å². The highest BCUT2D eigenvalue weighted by Gasteiger charge is 2.05. The van der Waals surface area contributed by atoms with Crippen LogP contribution in [0.15, 0.2) is 33.5 Å². The minimum Gasteiger partial charge on any atom is -0.507 e. The highest BCUT2D eigenvalue weighted by atomic mass is 16.5. The topological polar surface area (TPSA) is 59.7 Å². The molecule has 0 bridgehead atoms. The van der Waals surface area contributed by atoms with Crippen molar-refractivity contribution in [1.82, 2.24) is 0 Å². The van der Waals surface area contributed by atoms with Gasteiger partial charge in [0.2, 0.25) is 0 Å². The molecule has 0 amide bonds. The Labute approximate surface area is 92.1 Å². The zero-order valence-corrected chi connectivity index (χ0v) is 8.90. The van der Waals surface area contributed by atoms with Crippen molar-refractivity contribution >= 4 is 11.0 Å². The fourth-order valence-electron chi connectivity index (χ4n) is 1.44. The minimum absolute atomic E-state index is 0.0757. The number of ether oxygens (including phenoxy) is 1. The molecule has 0 radical (unpaired) electrons. The maximum atomic E-state index is 11.1. The van der Waals surface area contributed by atoms with Crippen molar-refractivity contribution in [3.05, 3.63) is 34.7 Å². The summed E-state index contributed by atoms with van der Waals surface area (Å²) in [5, 5.41) is 10.0. The third kappa shape index (κ3) is 2.00. The summed E-state index contributed by atoms with van der Waals surface area (Å²) in [4.78, 5) is 11.1. The molecule has 84 valence electrons. The molecule has 0 saturated carbocycles. The van der Waals surface area contributed by atoms with Crippen molar-refractivity contribution in [2.24, 2.45) is 0 Å². The van der Waals surface area contributed by atoms with Gasteiger partial charge in [0, 0.05) is 6.07 Å². The zero-order valence-electron chi connectivity index (χ0n) is 8.90. The van der Waals surface area contributed by atoms with Crippen molar-refractivity contribution in [3.63, 3.8) is 0 Å². The van der Waals surface area contributed by atoms with E-state index < -0.39 is 5.63 Å². The average molecular weight is 220 g/mol. The molecule has 2 aromatic rings. The van der Waals surface area contributed by atoms with Crippen LogP contribution in [0.4, 0.5) is 0 Å². The standard InChI is InChI=1S/C12H12O4/c1-2-5-15-8-3-4-9-10(13)7-12(14)16-11(9)6-8/h3-4,6-7,13H,2,5H2,1H3. The molecule has 1 heterocycles. The fourth-order valence-corrected chi connectivity index (χ4v) is 1.44. The first-order valence-electron chi connectivity index (χ1n) is 5.10. The van der Waals surface area contributed by atoms with E-state index >= 15 is 0 Å². The lowest BCUT2D eigenvalue weighted by Crippen LogP contribution is -1.97. The van der Waals surface area contributed by atoms with E-state index in [0.29, 0.717) is 23.3 Å². The molecular weight excluding hydrogens is 208 g/mol. The summed E-state index contributed by atoms with van der Waals surface area (Å²) in [5.74, 6) is 0.552. The predicted octanol–water partition coefficient (Wildman–Crippen LogP) is 2.29. The summed E-state index contributed by atoms with van der Waals surface area (Å²) in [6.07, 6.45) is 0.905. The molecule has 0 unspecified atom stereocenters. The van der Waals surface area contributed by atoms with Gasteiger partial charge < -0.3 is 14.3 Å². The van der Waals surface area contributed by atoms with Crippen LogP contribution >= 0.6 is 0 Å². The Morgan fingerprint density at radius 2 is 2.19 bits per heavy atom. The second-order valence-electron chi connectivity index (χ2n) is 3.46. The lowest BCUT2D eigenvalue weighted by Gasteiger charge is -2.05. The third-order valence-electron chi connectivity index (χ3n) is 2.17. The summed E-state index contributed by atoms with van der Waals surface area (Å²) in [5.41, 5.74) is -0.240. The van der Waals surface area contributed by atoms with Crippen LogP contribution in [0.2, 0.25) is 0 Å². The average Bonchev–Trinajstić information content (AvgIpc) is 2.25. The molecule has 2 rings (SSSR count). The summed E-state index contributed by atoms with van der Waals surface area (Å²) in [6.45, 7) is 2.61. The molecule has 0 atom stereocenters. The first-order valence-corrected chi connectivity index (χ1v) is 5.10. The highest BCUT2D eigenvalue weighted by molar-refractivity contribution is 5.83. The third-order valence-corrected chi connectivity index (χ3v) is 2.17. The Morgan fingerprint density at radius 3 is 2.94 bits per heavy atom. The summed E-state index contributed by atoms with van der Waals surface area (Å²) >= 11 is 0. The number of hydrogen-bond donors (Lipinski definition) is 1. The van der Waals surface area contributed by atoms with E-state index in [1.54, 1.807) is 18.2 Å². The fraction of sp³-hybridized carbons (Fsp3) is 0.250. The van der Waals surface area contributed by atoms with E-state index in [2.05, 4.69) is 0 Å². The van der Waals surface area contributed by atoms with E-state index in [1.165, 1.54) is 0 Å². The monoisotopic (exact) mass is 220 g/mol. The number of benzene rings is 1. The van der Waals surface area contributed by atoms with Crippen LogP contribution in [0.1, 0.15) is 13.3 Å². The second-order valence-corrected chi connectivity index (χ2v) is 3.46. The molecule has 1 aromatic heterocycles. The Morgan fingerprint density at radius 1 is 1.38 bits per heavy atom. The Balaban J connectivity index is 2.49. The van der Waals surface area contributed by atoms with Gasteiger partial charge in [-0.25, -0.2) is 4.79 Å². The normalized spacial score (nSPS) is 10.6. The van der Waals surface area contributed by atoms with Crippen molar-refractivity contribution in [2.45, 2.75) is 13.3 Å². The predicted molar refractivity (Wildman–Crippen MR) is 59.9 cm³/mol. The van der Waals surface area contributed by atoms with Crippen molar-refractivity contribution in [3.8, 4) is 11.5 Å². The van der Waals surface area contributed by atoms with Crippen molar-refractivity contribution in [2.75, 3.05) is 6.61 Å². The molecule has 0 aliphatic rings. The summed E-state index contributed by atoms with van der Waals surface area (Å²) in [6, 6.07) is 6.05. The van der Waals surface area contributed by atoms with Crippen LogP contribution < -0.4 is 10.4 Å². The van der Waals surface area contributed by atoms with E-state index in [1.807, 2.05) is 6.92 Å². The smallest absolute Gasteiger partial charge is 0.339 e. The summed E-state index contributed by atoms with van der Waals surface area (Å²) < 4.78 is 10.4.